The Morgan fingerprint density at radius 3 is 2.32 bits per heavy atom. The molecule has 1 atom stereocenters. The lowest BCUT2D eigenvalue weighted by Crippen LogP contribution is -2.41. The average Bonchev–Trinajstić information content (AvgIpc) is 3.42. The zero-order valence-electron chi connectivity index (χ0n) is 17.9. The summed E-state index contributed by atoms with van der Waals surface area (Å²) in [5.74, 6) is 0.549. The van der Waals surface area contributed by atoms with Gasteiger partial charge in [-0.2, -0.15) is 0 Å². The summed E-state index contributed by atoms with van der Waals surface area (Å²) in [6, 6.07) is 2.18. The van der Waals surface area contributed by atoms with Gasteiger partial charge in [-0.3, -0.25) is 0 Å². The minimum atomic E-state index is -0.454. The lowest BCUT2D eigenvalue weighted by molar-refractivity contribution is 0.00578. The maximum atomic E-state index is 8.22. The summed E-state index contributed by atoms with van der Waals surface area (Å²) in [4.78, 5) is 0. The van der Waals surface area contributed by atoms with Gasteiger partial charge in [0.05, 0.1) is 11.2 Å². The molecule has 2 heterocycles. The number of rotatable bonds is 5. The lowest BCUT2D eigenvalue weighted by atomic mass is 9.70. The van der Waals surface area contributed by atoms with Crippen LogP contribution >= 0.6 is 0 Å². The molecule has 6 heteroatoms. The second kappa shape index (κ2) is 7.15. The van der Waals surface area contributed by atoms with Gasteiger partial charge in [-0.15, -0.1) is 0 Å². The van der Waals surface area contributed by atoms with Crippen molar-refractivity contribution in [1.29, 1.82) is 5.41 Å². The molecule has 152 valence electrons. The largest absolute Gasteiger partial charge is 0.495 e. The number of hydrogen-bond donors (Lipinski definition) is 2. The first-order valence-electron chi connectivity index (χ1n) is 10.6. The average molecular weight is 384 g/mol. The fourth-order valence-corrected chi connectivity index (χ4v) is 4.31. The Morgan fingerprint density at radius 1 is 1.11 bits per heavy atom. The molecule has 1 aromatic rings. The quantitative estimate of drug-likeness (QED) is 0.593. The van der Waals surface area contributed by atoms with Crippen LogP contribution in [-0.4, -0.2) is 37.4 Å². The molecular formula is C22H33BN2O3. The van der Waals surface area contributed by atoms with E-state index in [1.807, 2.05) is 0 Å². The Balaban J connectivity index is 1.77. The van der Waals surface area contributed by atoms with E-state index in [0.29, 0.717) is 5.92 Å². The van der Waals surface area contributed by atoms with Crippen LogP contribution in [0, 0.1) is 12.3 Å². The highest BCUT2D eigenvalue weighted by Crippen LogP contribution is 2.44. The van der Waals surface area contributed by atoms with Gasteiger partial charge in [0.2, 0.25) is 0 Å². The first-order chi connectivity index (χ1) is 13.2. The van der Waals surface area contributed by atoms with E-state index in [1.165, 1.54) is 36.6 Å². The summed E-state index contributed by atoms with van der Waals surface area (Å²) in [6.07, 6.45) is 7.13. The van der Waals surface area contributed by atoms with Crippen LogP contribution in [0.1, 0.15) is 82.4 Å². The van der Waals surface area contributed by atoms with Crippen molar-refractivity contribution in [2.45, 2.75) is 90.1 Å². The smallest absolute Gasteiger partial charge is 0.399 e. The number of benzene rings is 1. The van der Waals surface area contributed by atoms with Crippen molar-refractivity contribution in [3.8, 4) is 0 Å². The van der Waals surface area contributed by atoms with Crippen molar-refractivity contribution in [3.63, 3.8) is 0 Å². The fourth-order valence-electron chi connectivity index (χ4n) is 4.31. The van der Waals surface area contributed by atoms with E-state index < -0.39 is 18.3 Å². The molecule has 1 aliphatic carbocycles. The van der Waals surface area contributed by atoms with Crippen LogP contribution in [0.2, 0.25) is 0 Å². The second-order valence-corrected chi connectivity index (χ2v) is 9.49. The Labute approximate surface area is 169 Å². The van der Waals surface area contributed by atoms with Gasteiger partial charge in [0.15, 0.2) is 0 Å². The van der Waals surface area contributed by atoms with Crippen molar-refractivity contribution in [2.24, 2.45) is 0 Å². The van der Waals surface area contributed by atoms with Gasteiger partial charge in [-0.1, -0.05) is 0 Å². The molecule has 0 radical (unpaired) electrons. The monoisotopic (exact) mass is 384 g/mol. The SMILES string of the molecule is Cc1cc(NC2CCCCO2)c(C=N)c(B2OC(C)(C)C(C)(C)O2)c1C1CC1. The van der Waals surface area contributed by atoms with Crippen LogP contribution in [0.5, 0.6) is 0 Å². The maximum Gasteiger partial charge on any atom is 0.495 e. The van der Waals surface area contributed by atoms with Gasteiger partial charge >= 0.3 is 7.12 Å². The van der Waals surface area contributed by atoms with Crippen LogP contribution in [0.3, 0.4) is 0 Å². The fraction of sp³-hybridized carbons (Fsp3) is 0.682. The topological polar surface area (TPSA) is 63.6 Å². The summed E-state index contributed by atoms with van der Waals surface area (Å²) in [7, 11) is -0.454. The van der Waals surface area contributed by atoms with E-state index in [9.17, 15) is 0 Å². The number of aryl methyl sites for hydroxylation is 1. The molecule has 4 rings (SSSR count). The third-order valence-corrected chi connectivity index (χ3v) is 6.77. The predicted octanol–water partition coefficient (Wildman–Crippen LogP) is 4.11. The number of ether oxygens (including phenoxy) is 1. The van der Waals surface area contributed by atoms with E-state index in [0.717, 1.165) is 36.2 Å². The number of hydrogen-bond acceptors (Lipinski definition) is 5. The standard InChI is InChI=1S/C22H33BN2O3/c1-14-12-17(25-18-8-6-7-11-26-18)16(13-24)20(19(14)15-9-10-15)23-27-21(2,3)22(4,5)28-23/h12-13,15,18,24-25H,6-11H2,1-5H3. The molecule has 1 unspecified atom stereocenters. The lowest BCUT2D eigenvalue weighted by Gasteiger charge is -2.32. The highest BCUT2D eigenvalue weighted by atomic mass is 16.7. The number of nitrogens with one attached hydrogen (secondary N) is 2. The minimum absolute atomic E-state index is 0.00442. The summed E-state index contributed by atoms with van der Waals surface area (Å²) in [6.45, 7) is 11.3. The molecule has 28 heavy (non-hydrogen) atoms. The Kier molecular flexibility index (Phi) is 5.09. The number of anilines is 1. The van der Waals surface area contributed by atoms with E-state index in [2.05, 4.69) is 46.0 Å². The molecule has 3 aliphatic rings. The van der Waals surface area contributed by atoms with Crippen LogP contribution in [0.25, 0.3) is 0 Å². The molecule has 3 fully saturated rings. The molecule has 0 amide bonds. The molecule has 5 nitrogen and oxygen atoms in total. The molecular weight excluding hydrogens is 351 g/mol. The van der Waals surface area contributed by atoms with Gasteiger partial charge in [0.25, 0.3) is 0 Å². The normalized spacial score (nSPS) is 26.3. The van der Waals surface area contributed by atoms with Crippen molar-refractivity contribution < 1.29 is 14.0 Å². The zero-order valence-corrected chi connectivity index (χ0v) is 17.9. The Hall–Kier alpha value is -1.37. The van der Waals surface area contributed by atoms with Crippen LogP contribution in [0.4, 0.5) is 5.69 Å². The summed E-state index contributed by atoms with van der Waals surface area (Å²) >= 11 is 0. The van der Waals surface area contributed by atoms with E-state index in [1.54, 1.807) is 0 Å². The molecule has 0 bridgehead atoms. The molecule has 2 N–H and O–H groups in total. The third kappa shape index (κ3) is 3.51. The van der Waals surface area contributed by atoms with Crippen molar-refractivity contribution in [1.82, 2.24) is 0 Å². The van der Waals surface area contributed by atoms with Crippen LogP contribution < -0.4 is 10.8 Å². The highest BCUT2D eigenvalue weighted by molar-refractivity contribution is 6.64. The molecule has 1 saturated carbocycles. The van der Waals surface area contributed by atoms with Gasteiger partial charge in [0.1, 0.15) is 6.23 Å². The molecule has 2 saturated heterocycles. The van der Waals surface area contributed by atoms with Gasteiger partial charge in [-0.25, -0.2) is 0 Å². The Bertz CT molecular complexity index is 752. The predicted molar refractivity (Wildman–Crippen MR) is 114 cm³/mol. The molecule has 1 aromatic carbocycles. The van der Waals surface area contributed by atoms with Crippen molar-refractivity contribution >= 4 is 24.5 Å². The van der Waals surface area contributed by atoms with Gasteiger partial charge in [-0.05, 0) is 95.3 Å². The zero-order chi connectivity index (χ0) is 20.1. The van der Waals surface area contributed by atoms with E-state index in [4.69, 9.17) is 19.5 Å². The summed E-state index contributed by atoms with van der Waals surface area (Å²) in [5.41, 5.74) is 4.62. The van der Waals surface area contributed by atoms with Gasteiger partial charge < -0.3 is 24.8 Å². The van der Waals surface area contributed by atoms with Gasteiger partial charge in [0, 0.05) is 24.1 Å². The van der Waals surface area contributed by atoms with E-state index >= 15 is 0 Å². The summed E-state index contributed by atoms with van der Waals surface area (Å²) < 4.78 is 18.7. The first kappa shape index (κ1) is 19.9. The highest BCUT2D eigenvalue weighted by Gasteiger charge is 2.53. The second-order valence-electron chi connectivity index (χ2n) is 9.49. The first-order valence-corrected chi connectivity index (χ1v) is 10.6. The Morgan fingerprint density at radius 2 is 1.79 bits per heavy atom. The minimum Gasteiger partial charge on any atom is -0.399 e. The molecule has 0 aromatic heterocycles. The molecule has 0 spiro atoms. The van der Waals surface area contributed by atoms with E-state index in [-0.39, 0.29) is 6.23 Å². The molecule has 2 aliphatic heterocycles. The summed E-state index contributed by atoms with van der Waals surface area (Å²) in [5, 5.41) is 11.8. The van der Waals surface area contributed by atoms with Crippen LogP contribution in [-0.2, 0) is 14.0 Å². The maximum absolute atomic E-state index is 8.22. The van der Waals surface area contributed by atoms with Crippen molar-refractivity contribution in [2.75, 3.05) is 11.9 Å². The third-order valence-electron chi connectivity index (χ3n) is 6.77. The van der Waals surface area contributed by atoms with Crippen molar-refractivity contribution in [3.05, 3.63) is 22.8 Å². The van der Waals surface area contributed by atoms with Crippen LogP contribution in [0.15, 0.2) is 6.07 Å².